The first-order valence-electron chi connectivity index (χ1n) is 12.0. The highest BCUT2D eigenvalue weighted by molar-refractivity contribution is 9.10. The Morgan fingerprint density at radius 2 is 1.63 bits per heavy atom. The van der Waals surface area contributed by atoms with E-state index in [1.54, 1.807) is 18.3 Å². The molecule has 0 bridgehead atoms. The van der Waals surface area contributed by atoms with Crippen molar-refractivity contribution in [3.8, 4) is 5.69 Å². The van der Waals surface area contributed by atoms with E-state index in [1.165, 1.54) is 17.7 Å². The molecule has 4 aromatic rings. The van der Waals surface area contributed by atoms with Crippen LogP contribution in [0.3, 0.4) is 0 Å². The summed E-state index contributed by atoms with van der Waals surface area (Å²) in [6.45, 7) is 5.71. The smallest absolute Gasteiger partial charge is 0.255 e. The number of carbonyl (C=O) groups excluding carboxylic acids is 1. The molecule has 4 rings (SSSR count). The van der Waals surface area contributed by atoms with Crippen molar-refractivity contribution in [3.05, 3.63) is 117 Å². The lowest BCUT2D eigenvalue weighted by atomic mass is 10.2. The fraction of sp³-hybridized carbons (Fsp3) is 0.172. The first-order valence-corrected chi connectivity index (χ1v) is 14.3. The number of nitrogens with zero attached hydrogens (tertiary/aromatic N) is 3. The lowest BCUT2D eigenvalue weighted by Gasteiger charge is -2.21. The van der Waals surface area contributed by atoms with E-state index in [1.807, 2.05) is 57.2 Å². The molecule has 0 saturated carbocycles. The topological polar surface area (TPSA) is 83.8 Å². The van der Waals surface area contributed by atoms with Gasteiger partial charge >= 0.3 is 0 Å². The molecule has 0 unspecified atom stereocenters. The molecule has 1 N–H and O–H groups in total. The summed E-state index contributed by atoms with van der Waals surface area (Å²) in [5.74, 6) is -0.537. The zero-order valence-electron chi connectivity index (χ0n) is 21.4. The molecule has 0 spiro atoms. The van der Waals surface area contributed by atoms with Gasteiger partial charge in [-0.05, 0) is 68.8 Å². The van der Waals surface area contributed by atoms with Crippen molar-refractivity contribution in [2.24, 2.45) is 5.10 Å². The molecule has 0 aliphatic heterocycles. The Balaban J connectivity index is 1.51. The minimum Gasteiger partial charge on any atom is -0.318 e. The van der Waals surface area contributed by atoms with Gasteiger partial charge in [-0.25, -0.2) is 13.8 Å². The van der Waals surface area contributed by atoms with Crippen LogP contribution in [-0.4, -0.2) is 36.0 Å². The first kappa shape index (κ1) is 27.5. The van der Waals surface area contributed by atoms with Crippen LogP contribution < -0.4 is 5.43 Å². The molecule has 0 atom stereocenters. The minimum atomic E-state index is -3.93. The predicted octanol–water partition coefficient (Wildman–Crippen LogP) is 5.51. The molecular formula is C29H29BrN4O3S. The van der Waals surface area contributed by atoms with Crippen molar-refractivity contribution in [2.75, 3.05) is 6.54 Å². The maximum Gasteiger partial charge on any atom is 0.255 e. The average molecular weight is 594 g/mol. The van der Waals surface area contributed by atoms with Crippen LogP contribution in [0.5, 0.6) is 0 Å². The predicted molar refractivity (Wildman–Crippen MR) is 154 cm³/mol. The van der Waals surface area contributed by atoms with Crippen LogP contribution in [0.1, 0.15) is 28.1 Å². The molecule has 0 radical (unpaired) electrons. The monoisotopic (exact) mass is 592 g/mol. The van der Waals surface area contributed by atoms with Crippen molar-refractivity contribution in [1.82, 2.24) is 14.3 Å². The van der Waals surface area contributed by atoms with E-state index in [9.17, 15) is 13.2 Å². The van der Waals surface area contributed by atoms with E-state index >= 15 is 0 Å². The van der Waals surface area contributed by atoms with Gasteiger partial charge in [-0.2, -0.15) is 9.41 Å². The molecule has 1 amide bonds. The first-order chi connectivity index (χ1) is 18.1. The van der Waals surface area contributed by atoms with Gasteiger partial charge in [0, 0.05) is 33.7 Å². The Labute approximate surface area is 232 Å². The number of aryl methyl sites for hydroxylation is 2. The number of hydrogen-bond acceptors (Lipinski definition) is 4. The zero-order chi connectivity index (χ0) is 27.3. The molecule has 0 aliphatic rings. The molecule has 196 valence electrons. The number of aromatic nitrogens is 1. The Morgan fingerprint density at radius 1 is 0.974 bits per heavy atom. The third kappa shape index (κ3) is 6.48. The number of nitrogens with one attached hydrogen (secondary N) is 1. The SMILES string of the molecule is Cc1ccc(-n2c(C)cc(/C=N/NC(=O)CN(Cc3ccccc3)S(=O)(=O)c3ccc(Br)cc3)c2C)cc1. The lowest BCUT2D eigenvalue weighted by molar-refractivity contribution is -0.121. The quantitative estimate of drug-likeness (QED) is 0.205. The van der Waals surface area contributed by atoms with Gasteiger partial charge in [0.05, 0.1) is 17.7 Å². The van der Waals surface area contributed by atoms with Crippen molar-refractivity contribution in [2.45, 2.75) is 32.2 Å². The van der Waals surface area contributed by atoms with E-state index < -0.39 is 15.9 Å². The fourth-order valence-corrected chi connectivity index (χ4v) is 5.80. The molecule has 0 aliphatic carbocycles. The second kappa shape index (κ2) is 11.9. The van der Waals surface area contributed by atoms with Crippen LogP contribution in [0.2, 0.25) is 0 Å². The molecule has 7 nitrogen and oxygen atoms in total. The average Bonchev–Trinajstić information content (AvgIpc) is 3.17. The number of rotatable bonds is 9. The molecular weight excluding hydrogens is 564 g/mol. The molecule has 1 aromatic heterocycles. The Morgan fingerprint density at radius 3 is 2.29 bits per heavy atom. The summed E-state index contributed by atoms with van der Waals surface area (Å²) < 4.78 is 30.9. The summed E-state index contributed by atoms with van der Waals surface area (Å²) in [4.78, 5) is 12.9. The number of halogens is 1. The van der Waals surface area contributed by atoms with Gasteiger partial charge in [0.2, 0.25) is 10.0 Å². The Bertz CT molecular complexity index is 1550. The van der Waals surface area contributed by atoms with Crippen molar-refractivity contribution in [1.29, 1.82) is 0 Å². The molecule has 3 aromatic carbocycles. The minimum absolute atomic E-state index is 0.0497. The van der Waals surface area contributed by atoms with Gasteiger partial charge in [-0.1, -0.05) is 64.0 Å². The third-order valence-electron chi connectivity index (χ3n) is 6.13. The van der Waals surface area contributed by atoms with E-state index in [2.05, 4.69) is 55.3 Å². The number of carbonyl (C=O) groups is 1. The largest absolute Gasteiger partial charge is 0.318 e. The number of sulfonamides is 1. The van der Waals surface area contributed by atoms with E-state index in [0.29, 0.717) is 0 Å². The molecule has 38 heavy (non-hydrogen) atoms. The zero-order valence-corrected chi connectivity index (χ0v) is 23.8. The van der Waals surface area contributed by atoms with Crippen molar-refractivity contribution in [3.63, 3.8) is 0 Å². The van der Waals surface area contributed by atoms with Gasteiger partial charge in [-0.3, -0.25) is 4.79 Å². The summed E-state index contributed by atoms with van der Waals surface area (Å²) in [6, 6.07) is 25.7. The Kier molecular flexibility index (Phi) is 8.61. The second-order valence-electron chi connectivity index (χ2n) is 9.00. The summed E-state index contributed by atoms with van der Waals surface area (Å²) >= 11 is 3.33. The molecule has 1 heterocycles. The number of hydrazone groups is 1. The van der Waals surface area contributed by atoms with E-state index in [-0.39, 0.29) is 18.0 Å². The van der Waals surface area contributed by atoms with Crippen molar-refractivity contribution < 1.29 is 13.2 Å². The maximum atomic E-state index is 13.4. The lowest BCUT2D eigenvalue weighted by Crippen LogP contribution is -2.39. The third-order valence-corrected chi connectivity index (χ3v) is 8.46. The summed E-state index contributed by atoms with van der Waals surface area (Å²) in [5, 5.41) is 4.13. The normalized spacial score (nSPS) is 11.8. The molecule has 0 fully saturated rings. The van der Waals surface area contributed by atoms with Crippen LogP contribution in [0.4, 0.5) is 0 Å². The number of amides is 1. The van der Waals surface area contributed by atoms with Crippen LogP contribution in [0.25, 0.3) is 5.69 Å². The second-order valence-corrected chi connectivity index (χ2v) is 11.9. The van der Waals surface area contributed by atoms with Crippen molar-refractivity contribution >= 4 is 38.1 Å². The highest BCUT2D eigenvalue weighted by Gasteiger charge is 2.27. The van der Waals surface area contributed by atoms with Gasteiger partial charge in [-0.15, -0.1) is 0 Å². The molecule has 9 heteroatoms. The maximum absolute atomic E-state index is 13.4. The van der Waals surface area contributed by atoms with Crippen LogP contribution in [-0.2, 0) is 21.4 Å². The van der Waals surface area contributed by atoms with Gasteiger partial charge in [0.25, 0.3) is 5.91 Å². The highest BCUT2D eigenvalue weighted by Crippen LogP contribution is 2.22. The van der Waals surface area contributed by atoms with Crippen LogP contribution >= 0.6 is 15.9 Å². The van der Waals surface area contributed by atoms with Gasteiger partial charge in [0.1, 0.15) is 0 Å². The number of benzene rings is 3. The van der Waals surface area contributed by atoms with E-state index in [0.717, 1.165) is 37.0 Å². The summed E-state index contributed by atoms with van der Waals surface area (Å²) in [6.07, 6.45) is 1.58. The van der Waals surface area contributed by atoms with Crippen LogP contribution in [0.15, 0.2) is 99.4 Å². The standard InChI is InChI=1S/C29H29BrN4O3S/c1-21-9-13-27(14-10-21)34-22(2)17-25(23(34)3)18-31-32-29(35)20-33(19-24-7-5-4-6-8-24)38(36,37)28-15-11-26(30)12-16-28/h4-18H,19-20H2,1-3H3,(H,32,35)/b31-18+. The highest BCUT2D eigenvalue weighted by atomic mass is 79.9. The van der Waals surface area contributed by atoms with Crippen LogP contribution in [0, 0.1) is 20.8 Å². The Hall–Kier alpha value is -3.53. The summed E-state index contributed by atoms with van der Waals surface area (Å²) in [7, 11) is -3.93. The molecule has 0 saturated heterocycles. The number of hydrogen-bond donors (Lipinski definition) is 1. The fourth-order valence-electron chi connectivity index (χ4n) is 4.15. The summed E-state index contributed by atoms with van der Waals surface area (Å²) in [5.41, 5.74) is 8.36. The van der Waals surface area contributed by atoms with E-state index in [4.69, 9.17) is 0 Å². The van der Waals surface area contributed by atoms with Gasteiger partial charge < -0.3 is 4.57 Å². The van der Waals surface area contributed by atoms with Gasteiger partial charge in [0.15, 0.2) is 0 Å².